The van der Waals surface area contributed by atoms with Crippen molar-refractivity contribution in [1.82, 2.24) is 9.78 Å². The first-order valence-electron chi connectivity index (χ1n) is 6.55. The highest BCUT2D eigenvalue weighted by atomic mass is 16.5. The molecule has 0 atom stereocenters. The standard InChI is InChI=1S/C15H20N2O2/c1-12(2)17-9-7-14(16-17)11-19-15-5-3-13(4-6-15)8-10-18/h3-7,9,12,18H,8,10-11H2,1-2H3. The van der Waals surface area contributed by atoms with Gasteiger partial charge in [-0.3, -0.25) is 4.68 Å². The van der Waals surface area contributed by atoms with Gasteiger partial charge in [0.15, 0.2) is 0 Å². The quantitative estimate of drug-likeness (QED) is 0.868. The summed E-state index contributed by atoms with van der Waals surface area (Å²) in [5.41, 5.74) is 2.03. The van der Waals surface area contributed by atoms with Crippen molar-refractivity contribution in [2.75, 3.05) is 6.61 Å². The fraction of sp³-hybridized carbons (Fsp3) is 0.400. The normalized spacial score (nSPS) is 10.9. The molecule has 0 unspecified atom stereocenters. The number of hydrogen-bond donors (Lipinski definition) is 1. The molecule has 0 saturated carbocycles. The Hall–Kier alpha value is -1.81. The third kappa shape index (κ3) is 3.83. The van der Waals surface area contributed by atoms with Crippen molar-refractivity contribution in [2.45, 2.75) is 32.9 Å². The van der Waals surface area contributed by atoms with Crippen molar-refractivity contribution in [3.8, 4) is 5.75 Å². The molecule has 0 aliphatic heterocycles. The van der Waals surface area contributed by atoms with E-state index in [-0.39, 0.29) is 6.61 Å². The van der Waals surface area contributed by atoms with Gasteiger partial charge in [0.2, 0.25) is 0 Å². The predicted molar refractivity (Wildman–Crippen MR) is 74.2 cm³/mol. The lowest BCUT2D eigenvalue weighted by Crippen LogP contribution is -2.03. The van der Waals surface area contributed by atoms with Gasteiger partial charge in [0, 0.05) is 18.8 Å². The molecule has 1 heterocycles. The first-order valence-corrected chi connectivity index (χ1v) is 6.55. The van der Waals surface area contributed by atoms with Crippen molar-refractivity contribution >= 4 is 0 Å². The Bertz CT molecular complexity index is 503. The maximum absolute atomic E-state index is 8.85. The summed E-state index contributed by atoms with van der Waals surface area (Å²) < 4.78 is 7.60. The van der Waals surface area contributed by atoms with Gasteiger partial charge in [-0.1, -0.05) is 12.1 Å². The Labute approximate surface area is 113 Å². The summed E-state index contributed by atoms with van der Waals surface area (Å²) in [4.78, 5) is 0. The fourth-order valence-corrected chi connectivity index (χ4v) is 1.78. The highest BCUT2D eigenvalue weighted by Crippen LogP contribution is 2.14. The number of aliphatic hydroxyl groups excluding tert-OH is 1. The molecule has 1 aromatic heterocycles. The van der Waals surface area contributed by atoms with Gasteiger partial charge in [0.1, 0.15) is 12.4 Å². The lowest BCUT2D eigenvalue weighted by Gasteiger charge is -2.06. The highest BCUT2D eigenvalue weighted by molar-refractivity contribution is 5.27. The van der Waals surface area contributed by atoms with Gasteiger partial charge >= 0.3 is 0 Å². The van der Waals surface area contributed by atoms with Crippen LogP contribution in [0.4, 0.5) is 0 Å². The van der Waals surface area contributed by atoms with E-state index in [9.17, 15) is 0 Å². The molecule has 19 heavy (non-hydrogen) atoms. The summed E-state index contributed by atoms with van der Waals surface area (Å²) in [5.74, 6) is 0.820. The fourth-order valence-electron chi connectivity index (χ4n) is 1.78. The van der Waals surface area contributed by atoms with E-state index in [0.29, 0.717) is 19.1 Å². The Morgan fingerprint density at radius 3 is 2.53 bits per heavy atom. The number of benzene rings is 1. The average Bonchev–Trinajstić information content (AvgIpc) is 2.87. The molecular formula is C15H20N2O2. The zero-order chi connectivity index (χ0) is 13.7. The third-order valence-corrected chi connectivity index (χ3v) is 2.90. The smallest absolute Gasteiger partial charge is 0.132 e. The summed E-state index contributed by atoms with van der Waals surface area (Å²) in [6.45, 7) is 4.83. The van der Waals surface area contributed by atoms with Gasteiger partial charge in [-0.25, -0.2) is 0 Å². The SMILES string of the molecule is CC(C)n1ccc(COc2ccc(CCO)cc2)n1. The van der Waals surface area contributed by atoms with Crippen LogP contribution in [0.25, 0.3) is 0 Å². The van der Waals surface area contributed by atoms with Crippen LogP contribution in [0.2, 0.25) is 0 Å². The van der Waals surface area contributed by atoms with E-state index in [1.54, 1.807) is 0 Å². The van der Waals surface area contributed by atoms with Crippen LogP contribution in [0.5, 0.6) is 5.75 Å². The number of aromatic nitrogens is 2. The number of aliphatic hydroxyl groups is 1. The first kappa shape index (κ1) is 13.6. The van der Waals surface area contributed by atoms with Crippen LogP contribution in [-0.4, -0.2) is 21.5 Å². The molecule has 0 saturated heterocycles. The van der Waals surface area contributed by atoms with E-state index in [2.05, 4.69) is 18.9 Å². The lowest BCUT2D eigenvalue weighted by atomic mass is 10.1. The van der Waals surface area contributed by atoms with Crippen LogP contribution in [0.3, 0.4) is 0 Å². The van der Waals surface area contributed by atoms with Crippen LogP contribution in [0.1, 0.15) is 31.1 Å². The molecule has 0 aliphatic rings. The minimum Gasteiger partial charge on any atom is -0.487 e. The summed E-state index contributed by atoms with van der Waals surface area (Å²) in [5, 5.41) is 13.3. The summed E-state index contributed by atoms with van der Waals surface area (Å²) >= 11 is 0. The molecule has 2 aromatic rings. The van der Waals surface area contributed by atoms with Crippen molar-refractivity contribution in [3.05, 3.63) is 47.8 Å². The number of hydrogen-bond acceptors (Lipinski definition) is 3. The molecule has 0 spiro atoms. The molecule has 2 rings (SSSR count). The Kier molecular flexibility index (Phi) is 4.58. The van der Waals surface area contributed by atoms with Gasteiger partial charge < -0.3 is 9.84 Å². The monoisotopic (exact) mass is 260 g/mol. The highest BCUT2D eigenvalue weighted by Gasteiger charge is 2.03. The van der Waals surface area contributed by atoms with E-state index in [1.165, 1.54) is 0 Å². The number of ether oxygens (including phenoxy) is 1. The maximum atomic E-state index is 8.85. The third-order valence-electron chi connectivity index (χ3n) is 2.90. The second-order valence-corrected chi connectivity index (χ2v) is 4.79. The largest absolute Gasteiger partial charge is 0.487 e. The summed E-state index contributed by atoms with van der Waals surface area (Å²) in [6.07, 6.45) is 2.65. The van der Waals surface area contributed by atoms with Gasteiger partial charge in [-0.15, -0.1) is 0 Å². The molecule has 0 fully saturated rings. The van der Waals surface area contributed by atoms with E-state index in [1.807, 2.05) is 41.2 Å². The van der Waals surface area contributed by atoms with Gasteiger partial charge in [-0.05, 0) is 44.0 Å². The zero-order valence-corrected chi connectivity index (χ0v) is 11.4. The maximum Gasteiger partial charge on any atom is 0.132 e. The van der Waals surface area contributed by atoms with Crippen LogP contribution in [0, 0.1) is 0 Å². The van der Waals surface area contributed by atoms with Gasteiger partial charge in [0.05, 0.1) is 5.69 Å². The molecule has 4 nitrogen and oxygen atoms in total. The molecule has 0 amide bonds. The van der Waals surface area contributed by atoms with Crippen LogP contribution < -0.4 is 4.74 Å². The molecule has 1 N–H and O–H groups in total. The zero-order valence-electron chi connectivity index (χ0n) is 11.4. The number of rotatable bonds is 6. The minimum atomic E-state index is 0.173. The van der Waals surface area contributed by atoms with Gasteiger partial charge in [-0.2, -0.15) is 5.10 Å². The van der Waals surface area contributed by atoms with Crippen molar-refractivity contribution < 1.29 is 9.84 Å². The Morgan fingerprint density at radius 2 is 1.95 bits per heavy atom. The molecule has 0 bridgehead atoms. The van der Waals surface area contributed by atoms with Crippen LogP contribution in [0.15, 0.2) is 36.5 Å². The summed E-state index contributed by atoms with van der Waals surface area (Å²) in [7, 11) is 0. The molecule has 102 valence electrons. The van der Waals surface area contributed by atoms with Crippen molar-refractivity contribution in [2.24, 2.45) is 0 Å². The average molecular weight is 260 g/mol. The van der Waals surface area contributed by atoms with E-state index in [4.69, 9.17) is 9.84 Å². The van der Waals surface area contributed by atoms with E-state index >= 15 is 0 Å². The van der Waals surface area contributed by atoms with E-state index < -0.39 is 0 Å². The Balaban J connectivity index is 1.90. The minimum absolute atomic E-state index is 0.173. The second kappa shape index (κ2) is 6.38. The molecule has 0 aliphatic carbocycles. The van der Waals surface area contributed by atoms with Crippen molar-refractivity contribution in [3.63, 3.8) is 0 Å². The summed E-state index contributed by atoms with van der Waals surface area (Å²) in [6, 6.07) is 10.1. The first-order chi connectivity index (χ1) is 9.19. The second-order valence-electron chi connectivity index (χ2n) is 4.79. The molecule has 1 aromatic carbocycles. The van der Waals surface area contributed by atoms with Gasteiger partial charge in [0.25, 0.3) is 0 Å². The molecule has 4 heteroatoms. The lowest BCUT2D eigenvalue weighted by molar-refractivity contribution is 0.296. The van der Waals surface area contributed by atoms with Crippen LogP contribution in [-0.2, 0) is 13.0 Å². The Morgan fingerprint density at radius 1 is 1.21 bits per heavy atom. The topological polar surface area (TPSA) is 47.3 Å². The predicted octanol–water partition coefficient (Wildman–Crippen LogP) is 2.58. The molecule has 0 radical (unpaired) electrons. The molecular weight excluding hydrogens is 240 g/mol. The van der Waals surface area contributed by atoms with E-state index in [0.717, 1.165) is 17.0 Å². The van der Waals surface area contributed by atoms with Crippen molar-refractivity contribution in [1.29, 1.82) is 0 Å². The van der Waals surface area contributed by atoms with Crippen LogP contribution >= 0.6 is 0 Å². The number of nitrogens with zero attached hydrogens (tertiary/aromatic N) is 2.